The monoisotopic (exact) mass is 332 g/mol. The van der Waals surface area contributed by atoms with Crippen LogP contribution in [0, 0.1) is 0 Å². The Morgan fingerprint density at radius 1 is 1.08 bits per heavy atom. The number of aromatic hydroxyl groups is 1. The molecule has 2 aliphatic heterocycles. The molecule has 5 nitrogen and oxygen atoms in total. The minimum absolute atomic E-state index is 0.0750. The van der Waals surface area contributed by atoms with Crippen LogP contribution >= 0.6 is 0 Å². The molecule has 0 spiro atoms. The molecular weight excluding hydrogens is 304 g/mol. The first-order chi connectivity index (χ1) is 11.5. The van der Waals surface area contributed by atoms with Gasteiger partial charge in [0, 0.05) is 19.6 Å². The number of carbonyl (C=O) groups excluding carboxylic acids is 1. The first kappa shape index (κ1) is 17.2. The third kappa shape index (κ3) is 4.48. The molecule has 1 aromatic rings. The van der Waals surface area contributed by atoms with Crippen molar-refractivity contribution in [3.05, 3.63) is 29.8 Å². The van der Waals surface area contributed by atoms with Gasteiger partial charge in [-0.25, -0.2) is 0 Å². The summed E-state index contributed by atoms with van der Waals surface area (Å²) in [7, 11) is 0. The largest absolute Gasteiger partial charge is 0.508 e. The number of hydrogen-bond acceptors (Lipinski definition) is 4. The molecule has 1 atom stereocenters. The predicted octanol–water partition coefficient (Wildman–Crippen LogP) is 1.77. The van der Waals surface area contributed by atoms with Gasteiger partial charge >= 0.3 is 0 Å². The van der Waals surface area contributed by atoms with Crippen LogP contribution in [0.15, 0.2) is 24.3 Å². The van der Waals surface area contributed by atoms with E-state index in [-0.39, 0.29) is 11.7 Å². The minimum atomic E-state index is -0.662. The average Bonchev–Trinajstić information content (AvgIpc) is 2.95. The highest BCUT2D eigenvalue weighted by Crippen LogP contribution is 2.25. The van der Waals surface area contributed by atoms with Gasteiger partial charge in [0.1, 0.15) is 5.75 Å². The lowest BCUT2D eigenvalue weighted by Crippen LogP contribution is -2.43. The Kier molecular flexibility index (Phi) is 5.41. The average molecular weight is 332 g/mol. The van der Waals surface area contributed by atoms with Crippen LogP contribution in [-0.4, -0.2) is 64.2 Å². The van der Waals surface area contributed by atoms with Crippen molar-refractivity contribution in [2.75, 3.05) is 32.7 Å². The highest BCUT2D eigenvalue weighted by molar-refractivity contribution is 5.78. The van der Waals surface area contributed by atoms with Crippen molar-refractivity contribution in [2.45, 2.75) is 44.1 Å². The number of nitrogens with zero attached hydrogens (tertiary/aromatic N) is 2. The van der Waals surface area contributed by atoms with E-state index in [2.05, 4.69) is 4.90 Å². The summed E-state index contributed by atoms with van der Waals surface area (Å²) in [4.78, 5) is 16.8. The first-order valence-corrected chi connectivity index (χ1v) is 9.05. The van der Waals surface area contributed by atoms with E-state index in [1.54, 1.807) is 18.2 Å². The van der Waals surface area contributed by atoms with Gasteiger partial charge in [-0.15, -0.1) is 0 Å². The third-order valence-electron chi connectivity index (χ3n) is 5.25. The van der Waals surface area contributed by atoms with Crippen LogP contribution in [0.2, 0.25) is 0 Å². The second-order valence-corrected chi connectivity index (χ2v) is 7.29. The molecule has 24 heavy (non-hydrogen) atoms. The van der Waals surface area contributed by atoms with Crippen molar-refractivity contribution in [1.29, 1.82) is 0 Å². The number of hydrogen-bond donors (Lipinski definition) is 2. The zero-order chi connectivity index (χ0) is 17.0. The summed E-state index contributed by atoms with van der Waals surface area (Å²) >= 11 is 0. The third-order valence-corrected chi connectivity index (χ3v) is 5.25. The van der Waals surface area contributed by atoms with Gasteiger partial charge in [0.2, 0.25) is 5.91 Å². The summed E-state index contributed by atoms with van der Waals surface area (Å²) in [6.45, 7) is 4.23. The molecule has 1 amide bonds. The highest BCUT2D eigenvalue weighted by atomic mass is 16.3. The Morgan fingerprint density at radius 3 is 2.62 bits per heavy atom. The fourth-order valence-corrected chi connectivity index (χ4v) is 3.90. The van der Waals surface area contributed by atoms with Crippen LogP contribution in [0.5, 0.6) is 5.75 Å². The van der Waals surface area contributed by atoms with Gasteiger partial charge in [-0.2, -0.15) is 0 Å². The number of β-amino-alcohol motifs (C(OH)–C–C–N with tert-alkyl or cyclic N) is 1. The highest BCUT2D eigenvalue weighted by Gasteiger charge is 2.33. The molecule has 0 bridgehead atoms. The van der Waals surface area contributed by atoms with E-state index in [1.807, 2.05) is 11.0 Å². The zero-order valence-electron chi connectivity index (χ0n) is 14.3. The summed E-state index contributed by atoms with van der Waals surface area (Å²) in [5.41, 5.74) is 0.168. The summed E-state index contributed by atoms with van der Waals surface area (Å²) in [5, 5.41) is 20.4. The van der Waals surface area contributed by atoms with Gasteiger partial charge in [-0.1, -0.05) is 12.1 Å². The number of benzene rings is 1. The number of aliphatic hydroxyl groups is 1. The molecule has 0 aromatic heterocycles. The molecule has 0 radical (unpaired) electrons. The second kappa shape index (κ2) is 7.53. The van der Waals surface area contributed by atoms with E-state index in [0.717, 1.165) is 38.0 Å². The number of likely N-dealkylation sites (tertiary alicyclic amines) is 2. The lowest BCUT2D eigenvalue weighted by Gasteiger charge is -2.31. The van der Waals surface area contributed by atoms with Crippen molar-refractivity contribution in [1.82, 2.24) is 9.80 Å². The maximum atomic E-state index is 12.5. The maximum absolute atomic E-state index is 12.5. The Bertz CT molecular complexity index is 571. The van der Waals surface area contributed by atoms with Crippen molar-refractivity contribution in [3.63, 3.8) is 0 Å². The molecule has 5 heteroatoms. The zero-order valence-corrected chi connectivity index (χ0v) is 14.3. The molecular formula is C19H28N2O3. The van der Waals surface area contributed by atoms with Gasteiger partial charge in [0.05, 0.1) is 12.0 Å². The van der Waals surface area contributed by atoms with Crippen LogP contribution in [0.3, 0.4) is 0 Å². The maximum Gasteiger partial charge on any atom is 0.226 e. The summed E-state index contributed by atoms with van der Waals surface area (Å²) in [5.74, 6) is 0.266. The van der Waals surface area contributed by atoms with Gasteiger partial charge in [0.15, 0.2) is 0 Å². The van der Waals surface area contributed by atoms with Gasteiger partial charge in [-0.3, -0.25) is 4.79 Å². The molecule has 0 saturated carbocycles. The van der Waals surface area contributed by atoms with Gasteiger partial charge in [-0.05, 0) is 62.9 Å². The number of phenolic OH excluding ortho intramolecular Hbond substituents is 1. The van der Waals surface area contributed by atoms with Crippen molar-refractivity contribution in [3.8, 4) is 5.75 Å². The molecule has 1 aromatic carbocycles. The molecule has 132 valence electrons. The first-order valence-electron chi connectivity index (χ1n) is 9.05. The smallest absolute Gasteiger partial charge is 0.226 e. The number of amides is 1. The topological polar surface area (TPSA) is 64.0 Å². The van der Waals surface area contributed by atoms with E-state index >= 15 is 0 Å². The molecule has 2 saturated heterocycles. The normalized spacial score (nSPS) is 25.6. The fourth-order valence-electron chi connectivity index (χ4n) is 3.90. The Labute approximate surface area is 143 Å². The Balaban J connectivity index is 1.55. The van der Waals surface area contributed by atoms with E-state index < -0.39 is 5.60 Å². The molecule has 2 fully saturated rings. The SMILES string of the molecule is O=C(Cc1cccc(O)c1)N1CCC[C@](O)(CN2CCCC2)CC1. The lowest BCUT2D eigenvalue weighted by molar-refractivity contribution is -0.130. The van der Waals surface area contributed by atoms with E-state index in [0.29, 0.717) is 25.9 Å². The standard InChI is InChI=1S/C19H28N2O3/c22-17-6-3-5-16(13-17)14-18(23)21-11-4-7-19(24,8-12-21)15-20-9-1-2-10-20/h3,5-6,13,22,24H,1-2,4,7-12,14-15H2/t19-/m1/s1. The molecule has 0 aliphatic carbocycles. The molecule has 0 unspecified atom stereocenters. The van der Waals surface area contributed by atoms with Crippen LogP contribution in [0.25, 0.3) is 0 Å². The van der Waals surface area contributed by atoms with E-state index in [1.165, 1.54) is 12.8 Å². The van der Waals surface area contributed by atoms with Crippen molar-refractivity contribution in [2.24, 2.45) is 0 Å². The quantitative estimate of drug-likeness (QED) is 0.882. The van der Waals surface area contributed by atoms with E-state index in [9.17, 15) is 15.0 Å². The van der Waals surface area contributed by atoms with Crippen LogP contribution < -0.4 is 0 Å². The molecule has 2 aliphatic rings. The Hall–Kier alpha value is -1.59. The fraction of sp³-hybridized carbons (Fsp3) is 0.632. The predicted molar refractivity (Wildman–Crippen MR) is 92.9 cm³/mol. The van der Waals surface area contributed by atoms with Gasteiger partial charge < -0.3 is 20.0 Å². The van der Waals surface area contributed by atoms with Crippen molar-refractivity contribution < 1.29 is 15.0 Å². The molecule has 3 rings (SSSR count). The van der Waals surface area contributed by atoms with Crippen LogP contribution in [0.4, 0.5) is 0 Å². The summed E-state index contributed by atoms with van der Waals surface area (Å²) in [6, 6.07) is 6.87. The summed E-state index contributed by atoms with van der Waals surface area (Å²) < 4.78 is 0. The number of rotatable bonds is 4. The molecule has 2 heterocycles. The Morgan fingerprint density at radius 2 is 1.88 bits per heavy atom. The van der Waals surface area contributed by atoms with E-state index in [4.69, 9.17) is 0 Å². The number of phenols is 1. The summed E-state index contributed by atoms with van der Waals surface area (Å²) in [6.07, 6.45) is 5.01. The number of carbonyl (C=O) groups is 1. The van der Waals surface area contributed by atoms with Crippen molar-refractivity contribution >= 4 is 5.91 Å². The van der Waals surface area contributed by atoms with Gasteiger partial charge in [0.25, 0.3) is 0 Å². The molecule has 2 N–H and O–H groups in total. The minimum Gasteiger partial charge on any atom is -0.508 e. The second-order valence-electron chi connectivity index (χ2n) is 7.29. The lowest BCUT2D eigenvalue weighted by atomic mass is 9.94. The van der Waals surface area contributed by atoms with Crippen LogP contribution in [0.1, 0.15) is 37.7 Å². The van der Waals surface area contributed by atoms with Crippen LogP contribution in [-0.2, 0) is 11.2 Å².